The zero-order valence-corrected chi connectivity index (χ0v) is 20.2. The minimum atomic E-state index is 0. The van der Waals surface area contributed by atoms with Gasteiger partial charge in [0.05, 0.1) is 13.1 Å². The number of hydrogen-bond acceptors (Lipinski definition) is 4. The van der Waals surface area contributed by atoms with Gasteiger partial charge in [-0.1, -0.05) is 26.0 Å². The minimum Gasteiger partial charge on any atom is -0.381 e. The number of ether oxygens (including phenoxy) is 1. The van der Waals surface area contributed by atoms with E-state index in [1.54, 1.807) is 0 Å². The molecular formula is C21H36IN5O2. The van der Waals surface area contributed by atoms with Crippen molar-refractivity contribution >= 4 is 41.5 Å². The molecular weight excluding hydrogens is 481 g/mol. The van der Waals surface area contributed by atoms with Gasteiger partial charge in [-0.2, -0.15) is 0 Å². The van der Waals surface area contributed by atoms with Gasteiger partial charge in [0, 0.05) is 45.1 Å². The number of carbonyl (C=O) groups is 1. The van der Waals surface area contributed by atoms with Gasteiger partial charge in [-0.05, 0) is 37.0 Å². The number of benzene rings is 1. The van der Waals surface area contributed by atoms with Crippen LogP contribution in [0.2, 0.25) is 0 Å². The number of rotatable bonds is 10. The maximum Gasteiger partial charge on any atom is 0.239 e. The van der Waals surface area contributed by atoms with Gasteiger partial charge in [-0.25, -0.2) is 4.99 Å². The predicted octanol–water partition coefficient (Wildman–Crippen LogP) is 2.36. The molecule has 1 fully saturated rings. The van der Waals surface area contributed by atoms with E-state index >= 15 is 0 Å². The van der Waals surface area contributed by atoms with Crippen LogP contribution in [0.5, 0.6) is 0 Å². The minimum absolute atomic E-state index is 0. The third-order valence-electron chi connectivity index (χ3n) is 4.31. The fraction of sp³-hybridized carbons (Fsp3) is 0.619. The Labute approximate surface area is 192 Å². The smallest absolute Gasteiger partial charge is 0.239 e. The predicted molar refractivity (Wildman–Crippen MR) is 130 cm³/mol. The van der Waals surface area contributed by atoms with Crippen molar-refractivity contribution in [3.05, 3.63) is 29.8 Å². The lowest BCUT2D eigenvalue weighted by molar-refractivity contribution is -0.120. The lowest BCUT2D eigenvalue weighted by Gasteiger charge is -2.28. The molecule has 8 heteroatoms. The molecule has 0 aromatic heterocycles. The quantitative estimate of drug-likeness (QED) is 0.192. The first-order valence-electron chi connectivity index (χ1n) is 10.3. The van der Waals surface area contributed by atoms with Crippen molar-refractivity contribution in [1.82, 2.24) is 16.0 Å². The summed E-state index contributed by atoms with van der Waals surface area (Å²) < 4.78 is 5.60. The van der Waals surface area contributed by atoms with Gasteiger partial charge in [0.15, 0.2) is 5.96 Å². The summed E-state index contributed by atoms with van der Waals surface area (Å²) >= 11 is 0. The monoisotopic (exact) mass is 517 g/mol. The number of aliphatic imine (C=N–C) groups is 1. The van der Waals surface area contributed by atoms with Gasteiger partial charge in [0.2, 0.25) is 5.91 Å². The number of piperazine rings is 1. The van der Waals surface area contributed by atoms with Gasteiger partial charge >= 0.3 is 0 Å². The van der Waals surface area contributed by atoms with Gasteiger partial charge < -0.3 is 25.6 Å². The average molecular weight is 517 g/mol. The Morgan fingerprint density at radius 2 is 2.03 bits per heavy atom. The molecule has 1 saturated heterocycles. The van der Waals surface area contributed by atoms with Crippen molar-refractivity contribution in [2.24, 2.45) is 10.9 Å². The van der Waals surface area contributed by atoms with Crippen molar-refractivity contribution in [2.75, 3.05) is 50.8 Å². The molecule has 7 nitrogen and oxygen atoms in total. The molecule has 1 aliphatic rings. The second-order valence-corrected chi connectivity index (χ2v) is 7.38. The molecule has 0 saturated carbocycles. The SMILES string of the molecule is CCNC(=NCc1ccc(N2CCNC(=O)C2)cc1)NCCCOCC(C)C.I. The number of hydrogen-bond donors (Lipinski definition) is 3. The Kier molecular flexibility index (Phi) is 12.7. The van der Waals surface area contributed by atoms with Crippen molar-refractivity contribution in [2.45, 2.75) is 33.7 Å². The summed E-state index contributed by atoms with van der Waals surface area (Å²) in [5.74, 6) is 1.48. The zero-order chi connectivity index (χ0) is 20.2. The van der Waals surface area contributed by atoms with E-state index in [0.717, 1.165) is 56.5 Å². The van der Waals surface area contributed by atoms with Crippen LogP contribution >= 0.6 is 24.0 Å². The topological polar surface area (TPSA) is 78.0 Å². The molecule has 0 unspecified atom stereocenters. The molecule has 3 N–H and O–H groups in total. The first kappa shape index (κ1) is 25.5. The fourth-order valence-electron chi connectivity index (χ4n) is 2.88. The molecule has 2 rings (SSSR count). The van der Waals surface area contributed by atoms with Crippen LogP contribution < -0.4 is 20.9 Å². The highest BCUT2D eigenvalue weighted by atomic mass is 127. The molecule has 1 aromatic carbocycles. The van der Waals surface area contributed by atoms with Crippen LogP contribution in [0.3, 0.4) is 0 Å². The lowest BCUT2D eigenvalue weighted by Crippen LogP contribution is -2.47. The maximum absolute atomic E-state index is 11.5. The number of amides is 1. The van der Waals surface area contributed by atoms with E-state index in [-0.39, 0.29) is 29.9 Å². The van der Waals surface area contributed by atoms with Crippen LogP contribution in [0.4, 0.5) is 5.69 Å². The number of anilines is 1. The van der Waals surface area contributed by atoms with E-state index in [4.69, 9.17) is 4.74 Å². The Balaban J connectivity index is 0.00000420. The summed E-state index contributed by atoms with van der Waals surface area (Å²) in [5.41, 5.74) is 2.22. The number of nitrogens with zero attached hydrogens (tertiary/aromatic N) is 2. The molecule has 1 amide bonds. The molecule has 1 aromatic rings. The Morgan fingerprint density at radius 1 is 1.28 bits per heavy atom. The van der Waals surface area contributed by atoms with E-state index in [1.807, 2.05) is 0 Å². The average Bonchev–Trinajstić information content (AvgIpc) is 2.69. The number of halogens is 1. The molecule has 29 heavy (non-hydrogen) atoms. The normalized spacial score (nSPS) is 14.4. The van der Waals surface area contributed by atoms with Crippen LogP contribution in [0.1, 0.15) is 32.8 Å². The van der Waals surface area contributed by atoms with E-state index in [2.05, 4.69) is 70.9 Å². The van der Waals surface area contributed by atoms with Gasteiger partial charge in [0.25, 0.3) is 0 Å². The second kappa shape index (κ2) is 14.4. The molecule has 0 spiro atoms. The van der Waals surface area contributed by atoms with Crippen LogP contribution in [0.25, 0.3) is 0 Å². The highest BCUT2D eigenvalue weighted by Crippen LogP contribution is 2.16. The molecule has 1 aliphatic heterocycles. The first-order valence-corrected chi connectivity index (χ1v) is 10.3. The highest BCUT2D eigenvalue weighted by molar-refractivity contribution is 14.0. The highest BCUT2D eigenvalue weighted by Gasteiger charge is 2.16. The first-order chi connectivity index (χ1) is 13.6. The molecule has 164 valence electrons. The second-order valence-electron chi connectivity index (χ2n) is 7.38. The summed E-state index contributed by atoms with van der Waals surface area (Å²) in [6.07, 6.45) is 0.954. The van der Waals surface area contributed by atoms with Gasteiger partial charge in [0.1, 0.15) is 0 Å². The number of carbonyl (C=O) groups excluding carboxylic acids is 1. The summed E-state index contributed by atoms with van der Waals surface area (Å²) in [6, 6.07) is 8.29. The van der Waals surface area contributed by atoms with Crippen LogP contribution in [-0.4, -0.2) is 57.8 Å². The van der Waals surface area contributed by atoms with Crippen LogP contribution in [0.15, 0.2) is 29.3 Å². The Morgan fingerprint density at radius 3 is 2.69 bits per heavy atom. The van der Waals surface area contributed by atoms with Crippen molar-refractivity contribution in [1.29, 1.82) is 0 Å². The fourth-order valence-corrected chi connectivity index (χ4v) is 2.88. The summed E-state index contributed by atoms with van der Waals surface area (Å²) in [5, 5.41) is 9.48. The molecule has 1 heterocycles. The van der Waals surface area contributed by atoms with Crippen LogP contribution in [0, 0.1) is 5.92 Å². The third kappa shape index (κ3) is 10.2. The van der Waals surface area contributed by atoms with E-state index < -0.39 is 0 Å². The molecule has 0 radical (unpaired) electrons. The Hall–Kier alpha value is -1.55. The molecule has 0 atom stereocenters. The number of nitrogens with one attached hydrogen (secondary N) is 3. The molecule has 0 bridgehead atoms. The van der Waals surface area contributed by atoms with E-state index in [9.17, 15) is 4.79 Å². The zero-order valence-electron chi connectivity index (χ0n) is 17.9. The van der Waals surface area contributed by atoms with Crippen molar-refractivity contribution < 1.29 is 9.53 Å². The standard InChI is InChI=1S/C21H35N5O2.HI/c1-4-22-21(24-10-5-13-28-16-17(2)3)25-14-18-6-8-19(9-7-18)26-12-11-23-20(27)15-26;/h6-9,17H,4-5,10-16H2,1-3H3,(H,23,27)(H2,22,24,25);1H. The molecule has 0 aliphatic carbocycles. The van der Waals surface area contributed by atoms with Crippen LogP contribution in [-0.2, 0) is 16.1 Å². The lowest BCUT2D eigenvalue weighted by atomic mass is 10.2. The summed E-state index contributed by atoms with van der Waals surface area (Å²) in [7, 11) is 0. The Bertz CT molecular complexity index is 622. The van der Waals surface area contributed by atoms with E-state index in [0.29, 0.717) is 25.6 Å². The van der Waals surface area contributed by atoms with E-state index in [1.165, 1.54) is 0 Å². The van der Waals surface area contributed by atoms with Gasteiger partial charge in [-0.15, -0.1) is 24.0 Å². The summed E-state index contributed by atoms with van der Waals surface area (Å²) in [6.45, 7) is 12.2. The van der Waals surface area contributed by atoms with Gasteiger partial charge in [-0.3, -0.25) is 4.79 Å². The van der Waals surface area contributed by atoms with Crippen molar-refractivity contribution in [3.8, 4) is 0 Å². The third-order valence-corrected chi connectivity index (χ3v) is 4.31. The van der Waals surface area contributed by atoms with Crippen molar-refractivity contribution in [3.63, 3.8) is 0 Å². The summed E-state index contributed by atoms with van der Waals surface area (Å²) in [4.78, 5) is 18.3. The largest absolute Gasteiger partial charge is 0.381 e. The number of guanidine groups is 1. The maximum atomic E-state index is 11.5.